The smallest absolute Gasteiger partial charge is 0.340 e. The third-order valence-electron chi connectivity index (χ3n) is 7.95. The summed E-state index contributed by atoms with van der Waals surface area (Å²) in [4.78, 5) is 27.8. The molecule has 0 bridgehead atoms. The van der Waals surface area contributed by atoms with E-state index in [1.165, 1.54) is 0 Å². The molecule has 1 aliphatic heterocycles. The lowest BCUT2D eigenvalue weighted by atomic mass is 9.71. The van der Waals surface area contributed by atoms with Crippen LogP contribution in [0.4, 0.5) is 0 Å². The Morgan fingerprint density at radius 3 is 2.86 bits per heavy atom. The van der Waals surface area contributed by atoms with Gasteiger partial charge in [0, 0.05) is 36.0 Å². The number of aliphatic hydroxyl groups is 1. The van der Waals surface area contributed by atoms with E-state index in [1.807, 2.05) is 48.2 Å². The molecule has 0 radical (unpaired) electrons. The average Bonchev–Trinajstić information content (AvgIpc) is 2.89. The fraction of sp³-hybridized carbons (Fsp3) is 0.448. The van der Waals surface area contributed by atoms with E-state index >= 15 is 0 Å². The maximum absolute atomic E-state index is 13.1. The zero-order valence-electron chi connectivity index (χ0n) is 20.9. The number of aryl methyl sites for hydroxylation is 1. The summed E-state index contributed by atoms with van der Waals surface area (Å²) in [6.45, 7) is 3.25. The molecule has 7 heteroatoms. The largest absolute Gasteiger partial charge is 0.496 e. The van der Waals surface area contributed by atoms with Gasteiger partial charge in [-0.3, -0.25) is 4.79 Å². The Morgan fingerprint density at radius 2 is 2.03 bits per heavy atom. The molecule has 1 saturated heterocycles. The van der Waals surface area contributed by atoms with Crippen molar-refractivity contribution in [2.45, 2.75) is 57.7 Å². The number of carbonyl (C=O) groups excluding carboxylic acids is 1. The van der Waals surface area contributed by atoms with E-state index in [1.54, 1.807) is 13.2 Å². The SMILES string of the molecule is COc1ccccc1COc1ccc2c(C)c(CC(=O)N3CC[C@]4(O)CCCC[C@H]4C3)c(=O)oc2c1. The number of methoxy groups -OCH3 is 1. The van der Waals surface area contributed by atoms with Crippen LogP contribution in [-0.4, -0.2) is 41.7 Å². The number of likely N-dealkylation sites (tertiary alicyclic amines) is 1. The van der Waals surface area contributed by atoms with Crippen LogP contribution in [0, 0.1) is 12.8 Å². The van der Waals surface area contributed by atoms with E-state index in [0.717, 1.165) is 47.9 Å². The highest BCUT2D eigenvalue weighted by atomic mass is 16.5. The Bertz CT molecular complexity index is 1330. The molecule has 2 aromatic carbocycles. The van der Waals surface area contributed by atoms with Gasteiger partial charge in [-0.25, -0.2) is 4.79 Å². The van der Waals surface area contributed by atoms with Crippen LogP contribution in [0.25, 0.3) is 11.0 Å². The second kappa shape index (κ2) is 9.97. The zero-order valence-corrected chi connectivity index (χ0v) is 20.9. The van der Waals surface area contributed by atoms with Crippen molar-refractivity contribution in [3.63, 3.8) is 0 Å². The van der Waals surface area contributed by atoms with E-state index in [-0.39, 0.29) is 18.2 Å². The fourth-order valence-electron chi connectivity index (χ4n) is 5.71. The first-order valence-electron chi connectivity index (χ1n) is 12.7. The first kappa shape index (κ1) is 24.4. The van der Waals surface area contributed by atoms with Gasteiger partial charge in [-0.05, 0) is 49.9 Å². The Morgan fingerprint density at radius 1 is 1.19 bits per heavy atom. The average molecular weight is 492 g/mol. The summed E-state index contributed by atoms with van der Waals surface area (Å²) in [5.41, 5.74) is 1.34. The maximum atomic E-state index is 13.1. The number of amides is 1. The van der Waals surface area contributed by atoms with Crippen molar-refractivity contribution in [3.05, 3.63) is 69.6 Å². The Hall–Kier alpha value is -3.32. The second-order valence-corrected chi connectivity index (χ2v) is 10.1. The molecule has 0 unspecified atom stereocenters. The Labute approximate surface area is 210 Å². The van der Waals surface area contributed by atoms with Crippen LogP contribution in [-0.2, 0) is 17.8 Å². The molecular weight excluding hydrogens is 458 g/mol. The summed E-state index contributed by atoms with van der Waals surface area (Å²) in [6.07, 6.45) is 4.50. The summed E-state index contributed by atoms with van der Waals surface area (Å²) in [7, 11) is 1.62. The molecule has 2 fully saturated rings. The molecule has 190 valence electrons. The highest BCUT2D eigenvalue weighted by molar-refractivity contribution is 5.85. The van der Waals surface area contributed by atoms with Gasteiger partial charge in [-0.2, -0.15) is 0 Å². The first-order valence-corrected chi connectivity index (χ1v) is 12.7. The highest BCUT2D eigenvalue weighted by Crippen LogP contribution is 2.40. The van der Waals surface area contributed by atoms with Crippen molar-refractivity contribution in [3.8, 4) is 11.5 Å². The van der Waals surface area contributed by atoms with E-state index in [0.29, 0.717) is 43.0 Å². The summed E-state index contributed by atoms with van der Waals surface area (Å²) >= 11 is 0. The van der Waals surface area contributed by atoms with Crippen LogP contribution in [0.3, 0.4) is 0 Å². The molecule has 36 heavy (non-hydrogen) atoms. The fourth-order valence-corrected chi connectivity index (χ4v) is 5.71. The summed E-state index contributed by atoms with van der Waals surface area (Å²) in [5, 5.41) is 11.7. The monoisotopic (exact) mass is 491 g/mol. The molecule has 7 nitrogen and oxygen atoms in total. The lowest BCUT2D eigenvalue weighted by Gasteiger charge is -2.47. The van der Waals surface area contributed by atoms with Gasteiger partial charge in [0.05, 0.1) is 24.7 Å². The van der Waals surface area contributed by atoms with Gasteiger partial charge in [-0.15, -0.1) is 0 Å². The van der Waals surface area contributed by atoms with Crippen LogP contribution >= 0.6 is 0 Å². The van der Waals surface area contributed by atoms with Gasteiger partial charge in [0.15, 0.2) is 0 Å². The lowest BCUT2D eigenvalue weighted by molar-refractivity contribution is -0.142. The van der Waals surface area contributed by atoms with E-state index in [9.17, 15) is 14.7 Å². The molecule has 2 heterocycles. The van der Waals surface area contributed by atoms with Gasteiger partial charge in [0.25, 0.3) is 0 Å². The van der Waals surface area contributed by atoms with E-state index in [2.05, 4.69) is 0 Å². The Kier molecular flexibility index (Phi) is 6.75. The number of hydrogen-bond donors (Lipinski definition) is 1. The normalized spacial score (nSPS) is 21.8. The van der Waals surface area contributed by atoms with Crippen molar-refractivity contribution >= 4 is 16.9 Å². The van der Waals surface area contributed by atoms with E-state index in [4.69, 9.17) is 13.9 Å². The van der Waals surface area contributed by atoms with Crippen LogP contribution in [0.15, 0.2) is 51.7 Å². The van der Waals surface area contributed by atoms with Crippen LogP contribution in [0.5, 0.6) is 11.5 Å². The number of benzene rings is 2. The second-order valence-electron chi connectivity index (χ2n) is 10.1. The number of rotatable bonds is 6. The van der Waals surface area contributed by atoms with Crippen molar-refractivity contribution in [2.24, 2.45) is 5.92 Å². The molecule has 5 rings (SSSR count). The standard InChI is InChI=1S/C29H33NO6/c1-19-23-11-10-22(35-18-20-7-3-4-9-25(20)34-2)15-26(23)36-28(32)24(19)16-27(31)30-14-13-29(33)12-6-5-8-21(29)17-30/h3-4,7,9-11,15,21,33H,5-6,8,12-14,16-18H2,1-2H3/t21-,29+/m0/s1. The molecule has 2 atom stereocenters. The topological polar surface area (TPSA) is 89.2 Å². The molecule has 2 aliphatic rings. The number of para-hydroxylation sites is 1. The van der Waals surface area contributed by atoms with Crippen LogP contribution < -0.4 is 15.1 Å². The van der Waals surface area contributed by atoms with E-state index < -0.39 is 11.2 Å². The highest BCUT2D eigenvalue weighted by Gasteiger charge is 2.43. The first-order chi connectivity index (χ1) is 17.4. The van der Waals surface area contributed by atoms with Crippen molar-refractivity contribution in [2.75, 3.05) is 20.2 Å². The van der Waals surface area contributed by atoms with Gasteiger partial charge in [-0.1, -0.05) is 31.0 Å². The molecule has 1 amide bonds. The zero-order chi connectivity index (χ0) is 25.3. The number of piperidine rings is 1. The molecule has 1 saturated carbocycles. The van der Waals surface area contributed by atoms with Crippen molar-refractivity contribution in [1.29, 1.82) is 0 Å². The third-order valence-corrected chi connectivity index (χ3v) is 7.95. The number of carbonyl (C=O) groups is 1. The maximum Gasteiger partial charge on any atom is 0.340 e. The minimum Gasteiger partial charge on any atom is -0.496 e. The molecule has 0 spiro atoms. The van der Waals surface area contributed by atoms with Crippen molar-refractivity contribution < 1.29 is 23.8 Å². The Balaban J connectivity index is 1.31. The molecule has 1 aromatic heterocycles. The number of fused-ring (bicyclic) bond motifs is 2. The number of ether oxygens (including phenoxy) is 2. The minimum absolute atomic E-state index is 0.00130. The number of hydrogen-bond acceptors (Lipinski definition) is 6. The minimum atomic E-state index is -0.641. The summed E-state index contributed by atoms with van der Waals surface area (Å²) in [5.74, 6) is 1.35. The predicted molar refractivity (Wildman–Crippen MR) is 136 cm³/mol. The molecular formula is C29H33NO6. The van der Waals surface area contributed by atoms with Crippen molar-refractivity contribution in [1.82, 2.24) is 4.90 Å². The number of nitrogens with zero attached hydrogens (tertiary/aromatic N) is 1. The summed E-state index contributed by atoms with van der Waals surface area (Å²) in [6, 6.07) is 13.0. The quantitative estimate of drug-likeness (QED) is 0.515. The molecule has 3 aromatic rings. The van der Waals surface area contributed by atoms with Gasteiger partial charge in [0.1, 0.15) is 23.7 Å². The van der Waals surface area contributed by atoms with Gasteiger partial charge in [0.2, 0.25) is 5.91 Å². The van der Waals surface area contributed by atoms with Gasteiger partial charge >= 0.3 is 5.63 Å². The predicted octanol–water partition coefficient (Wildman–Crippen LogP) is 4.39. The van der Waals surface area contributed by atoms with Crippen LogP contribution in [0.1, 0.15) is 48.8 Å². The lowest BCUT2D eigenvalue weighted by Crippen LogP contribution is -2.55. The summed E-state index contributed by atoms with van der Waals surface area (Å²) < 4.78 is 16.9. The molecule has 1 N–H and O–H groups in total. The van der Waals surface area contributed by atoms with Gasteiger partial charge < -0.3 is 23.9 Å². The van der Waals surface area contributed by atoms with Crippen LogP contribution in [0.2, 0.25) is 0 Å². The third kappa shape index (κ3) is 4.72. The molecule has 1 aliphatic carbocycles.